The highest BCUT2D eigenvalue weighted by molar-refractivity contribution is 7.12. The van der Waals surface area contributed by atoms with Gasteiger partial charge in [-0.25, -0.2) is 0 Å². The molecule has 1 aliphatic heterocycles. The second-order valence-electron chi connectivity index (χ2n) is 4.63. The first-order chi connectivity index (χ1) is 9.25. The number of para-hydroxylation sites is 1. The average molecular weight is 273 g/mol. The number of hydrogen-bond acceptors (Lipinski definition) is 3. The Bertz CT molecular complexity index is 606. The Balaban J connectivity index is 1.82. The summed E-state index contributed by atoms with van der Waals surface area (Å²) in [5.41, 5.74) is 2.10. The number of nitrogens with one attached hydrogen (secondary N) is 1. The van der Waals surface area contributed by atoms with Crippen LogP contribution in [0.2, 0.25) is 0 Å². The van der Waals surface area contributed by atoms with Gasteiger partial charge in [0.2, 0.25) is 0 Å². The first-order valence-electron chi connectivity index (χ1n) is 6.32. The minimum atomic E-state index is 0.00852. The van der Waals surface area contributed by atoms with Crippen LogP contribution in [-0.2, 0) is 0 Å². The third kappa shape index (κ3) is 2.36. The quantitative estimate of drug-likeness (QED) is 0.911. The summed E-state index contributed by atoms with van der Waals surface area (Å²) in [6.45, 7) is 2.61. The first-order valence-corrected chi connectivity index (χ1v) is 7.20. The van der Waals surface area contributed by atoms with Crippen molar-refractivity contribution >= 4 is 17.2 Å². The number of ether oxygens (including phenoxy) is 1. The number of aryl methyl sites for hydroxylation is 1. The summed E-state index contributed by atoms with van der Waals surface area (Å²) >= 11 is 1.48. The van der Waals surface area contributed by atoms with E-state index in [-0.39, 0.29) is 11.9 Å². The molecule has 3 rings (SSSR count). The summed E-state index contributed by atoms with van der Waals surface area (Å²) in [5, 5.41) is 5.06. The fraction of sp³-hybridized carbons (Fsp3) is 0.267. The largest absolute Gasteiger partial charge is 0.493 e. The second kappa shape index (κ2) is 5.05. The van der Waals surface area contributed by atoms with E-state index in [0.29, 0.717) is 6.61 Å². The van der Waals surface area contributed by atoms with Crippen molar-refractivity contribution in [2.24, 2.45) is 0 Å². The van der Waals surface area contributed by atoms with E-state index in [4.69, 9.17) is 4.74 Å². The van der Waals surface area contributed by atoms with Crippen LogP contribution in [0.25, 0.3) is 0 Å². The molecule has 2 aromatic rings. The fourth-order valence-corrected chi connectivity index (χ4v) is 3.15. The highest BCUT2D eigenvalue weighted by Crippen LogP contribution is 2.32. The first kappa shape index (κ1) is 12.2. The highest BCUT2D eigenvalue weighted by Gasteiger charge is 2.23. The molecule has 1 aliphatic rings. The lowest BCUT2D eigenvalue weighted by atomic mass is 10.0. The molecule has 1 unspecified atom stereocenters. The van der Waals surface area contributed by atoms with Gasteiger partial charge in [-0.15, -0.1) is 11.3 Å². The van der Waals surface area contributed by atoms with Crippen LogP contribution in [0.1, 0.15) is 33.3 Å². The van der Waals surface area contributed by atoms with E-state index in [9.17, 15) is 4.79 Å². The fourth-order valence-electron chi connectivity index (χ4n) is 2.32. The highest BCUT2D eigenvalue weighted by atomic mass is 32.1. The van der Waals surface area contributed by atoms with Crippen LogP contribution in [0.3, 0.4) is 0 Å². The zero-order valence-electron chi connectivity index (χ0n) is 10.7. The maximum atomic E-state index is 12.3. The zero-order valence-corrected chi connectivity index (χ0v) is 11.5. The lowest BCUT2D eigenvalue weighted by Crippen LogP contribution is -2.32. The van der Waals surface area contributed by atoms with Crippen molar-refractivity contribution in [1.29, 1.82) is 0 Å². The molecule has 0 spiro atoms. The molecule has 19 heavy (non-hydrogen) atoms. The summed E-state index contributed by atoms with van der Waals surface area (Å²) in [5.74, 6) is 0.885. The van der Waals surface area contributed by atoms with Crippen LogP contribution in [0.15, 0.2) is 35.7 Å². The number of benzene rings is 1. The van der Waals surface area contributed by atoms with Crippen molar-refractivity contribution in [3.05, 3.63) is 51.7 Å². The molecule has 1 aromatic heterocycles. The van der Waals surface area contributed by atoms with Gasteiger partial charge in [0.1, 0.15) is 5.75 Å². The summed E-state index contributed by atoms with van der Waals surface area (Å²) in [7, 11) is 0. The van der Waals surface area contributed by atoms with Crippen molar-refractivity contribution in [2.75, 3.05) is 6.61 Å². The standard InChI is InChI=1S/C15H15NO2S/c1-10-7-9-19-14(10)15(17)16-12-6-8-18-13-5-3-2-4-11(12)13/h2-5,7,9,12H,6,8H2,1H3,(H,16,17). The van der Waals surface area contributed by atoms with Gasteiger partial charge in [0.15, 0.2) is 0 Å². The predicted molar refractivity (Wildman–Crippen MR) is 75.8 cm³/mol. The van der Waals surface area contributed by atoms with Crippen LogP contribution in [-0.4, -0.2) is 12.5 Å². The van der Waals surface area contributed by atoms with Crippen molar-refractivity contribution in [1.82, 2.24) is 5.32 Å². The second-order valence-corrected chi connectivity index (χ2v) is 5.55. The lowest BCUT2D eigenvalue weighted by molar-refractivity contribution is 0.0928. The third-order valence-corrected chi connectivity index (χ3v) is 4.35. The lowest BCUT2D eigenvalue weighted by Gasteiger charge is -2.26. The number of carbonyl (C=O) groups is 1. The maximum absolute atomic E-state index is 12.3. The predicted octanol–water partition coefficient (Wildman–Crippen LogP) is 3.31. The number of fused-ring (bicyclic) bond motifs is 1. The molecule has 1 amide bonds. The van der Waals surface area contributed by atoms with Crippen molar-refractivity contribution < 1.29 is 9.53 Å². The van der Waals surface area contributed by atoms with Crippen molar-refractivity contribution in [3.8, 4) is 5.75 Å². The molecule has 0 saturated carbocycles. The molecule has 0 aliphatic carbocycles. The normalized spacial score (nSPS) is 17.4. The van der Waals surface area contributed by atoms with Gasteiger partial charge in [-0.1, -0.05) is 18.2 Å². The van der Waals surface area contributed by atoms with Crippen LogP contribution in [0, 0.1) is 6.92 Å². The molecule has 0 saturated heterocycles. The molecule has 1 aromatic carbocycles. The van der Waals surface area contributed by atoms with E-state index >= 15 is 0 Å². The minimum absolute atomic E-state index is 0.00852. The number of thiophene rings is 1. The van der Waals surface area contributed by atoms with Crippen molar-refractivity contribution in [3.63, 3.8) is 0 Å². The van der Waals surface area contributed by atoms with Crippen LogP contribution < -0.4 is 10.1 Å². The Morgan fingerprint density at radius 2 is 2.21 bits per heavy atom. The van der Waals surface area contributed by atoms with Gasteiger partial charge in [-0.2, -0.15) is 0 Å². The summed E-state index contributed by atoms with van der Waals surface area (Å²) in [6.07, 6.45) is 0.813. The zero-order chi connectivity index (χ0) is 13.2. The summed E-state index contributed by atoms with van der Waals surface area (Å²) in [6, 6.07) is 9.90. The topological polar surface area (TPSA) is 38.3 Å². The van der Waals surface area contributed by atoms with E-state index in [1.54, 1.807) is 0 Å². The van der Waals surface area contributed by atoms with E-state index in [1.807, 2.05) is 42.6 Å². The average Bonchev–Trinajstić information content (AvgIpc) is 2.85. The van der Waals surface area contributed by atoms with Gasteiger partial charge in [-0.3, -0.25) is 4.79 Å². The van der Waals surface area contributed by atoms with Gasteiger partial charge in [0.25, 0.3) is 5.91 Å². The monoisotopic (exact) mass is 273 g/mol. The van der Waals surface area contributed by atoms with Gasteiger partial charge in [0, 0.05) is 12.0 Å². The molecule has 98 valence electrons. The summed E-state index contributed by atoms with van der Waals surface area (Å²) in [4.78, 5) is 13.1. The van der Waals surface area contributed by atoms with Gasteiger partial charge < -0.3 is 10.1 Å². The molecule has 0 bridgehead atoms. The molecule has 1 atom stereocenters. The SMILES string of the molecule is Cc1ccsc1C(=O)NC1CCOc2ccccc21. The maximum Gasteiger partial charge on any atom is 0.262 e. The van der Waals surface area contributed by atoms with Crippen LogP contribution >= 0.6 is 11.3 Å². The molecule has 0 radical (unpaired) electrons. The molecule has 3 nitrogen and oxygen atoms in total. The van der Waals surface area contributed by atoms with E-state index in [0.717, 1.165) is 28.2 Å². The number of carbonyl (C=O) groups excluding carboxylic acids is 1. The number of rotatable bonds is 2. The van der Waals surface area contributed by atoms with E-state index < -0.39 is 0 Å². The van der Waals surface area contributed by atoms with E-state index in [2.05, 4.69) is 5.32 Å². The molecule has 4 heteroatoms. The Hall–Kier alpha value is -1.81. The van der Waals surface area contributed by atoms with Crippen LogP contribution in [0.5, 0.6) is 5.75 Å². The smallest absolute Gasteiger partial charge is 0.262 e. The molecular weight excluding hydrogens is 258 g/mol. The van der Waals surface area contributed by atoms with Crippen LogP contribution in [0.4, 0.5) is 0 Å². The third-order valence-electron chi connectivity index (χ3n) is 3.33. The molecule has 1 N–H and O–H groups in total. The Morgan fingerprint density at radius 3 is 3.00 bits per heavy atom. The minimum Gasteiger partial charge on any atom is -0.493 e. The Kier molecular flexibility index (Phi) is 3.25. The number of amides is 1. The Labute approximate surface area is 116 Å². The molecular formula is C15H15NO2S. The van der Waals surface area contributed by atoms with Gasteiger partial charge in [-0.05, 0) is 30.0 Å². The van der Waals surface area contributed by atoms with Crippen molar-refractivity contribution in [2.45, 2.75) is 19.4 Å². The van der Waals surface area contributed by atoms with E-state index in [1.165, 1.54) is 11.3 Å². The summed E-state index contributed by atoms with van der Waals surface area (Å²) < 4.78 is 5.60. The van der Waals surface area contributed by atoms with Gasteiger partial charge >= 0.3 is 0 Å². The molecule has 0 fully saturated rings. The Morgan fingerprint density at radius 1 is 1.37 bits per heavy atom. The van der Waals surface area contributed by atoms with Gasteiger partial charge in [0.05, 0.1) is 17.5 Å². The number of hydrogen-bond donors (Lipinski definition) is 1. The molecule has 2 heterocycles.